The third kappa shape index (κ3) is 4.68. The van der Waals surface area contributed by atoms with Gasteiger partial charge in [0.05, 0.1) is 62.3 Å². The van der Waals surface area contributed by atoms with Crippen LogP contribution < -0.4 is 14.4 Å². The van der Waals surface area contributed by atoms with Crippen molar-refractivity contribution in [3.63, 3.8) is 0 Å². The molecule has 4 heterocycles. The maximum absolute atomic E-state index is 10.2. The Balaban J connectivity index is 1.13. The predicted molar refractivity (Wildman–Crippen MR) is 218 cm³/mol. The zero-order valence-corrected chi connectivity index (χ0v) is 30.1. The van der Waals surface area contributed by atoms with Gasteiger partial charge in [-0.2, -0.15) is 21.0 Å². The number of para-hydroxylation sites is 2. The Morgan fingerprint density at radius 1 is 0.483 bits per heavy atom. The van der Waals surface area contributed by atoms with Gasteiger partial charge < -0.3 is 9.47 Å². The van der Waals surface area contributed by atoms with Crippen molar-refractivity contribution in [2.75, 3.05) is 4.90 Å². The van der Waals surface area contributed by atoms with Gasteiger partial charge in [0.1, 0.15) is 23.6 Å². The molecule has 0 spiro atoms. The van der Waals surface area contributed by atoms with Crippen molar-refractivity contribution in [1.29, 1.82) is 21.0 Å². The molecule has 0 amide bonds. The number of anilines is 3. The smallest absolute Gasteiger partial charge is 0.169 e. The molecule has 11 rings (SSSR count). The molecule has 0 bridgehead atoms. The normalized spacial score (nSPS) is 12.0. The topological polar surface area (TPSA) is 148 Å². The summed E-state index contributed by atoms with van der Waals surface area (Å²) in [6.45, 7) is 0. The van der Waals surface area contributed by atoms with Crippen LogP contribution in [0.3, 0.4) is 0 Å². The van der Waals surface area contributed by atoms with Gasteiger partial charge in [-0.1, -0.05) is 66.7 Å². The van der Waals surface area contributed by atoms with Crippen LogP contribution in [0.5, 0.6) is 23.0 Å². The van der Waals surface area contributed by atoms with Gasteiger partial charge in [-0.25, -0.2) is 9.97 Å². The minimum Gasteiger partial charge on any atom is -0.451 e. The fraction of sp³-hybridized carbons (Fsp3) is 0. The molecule has 0 radical (unpaired) electrons. The van der Waals surface area contributed by atoms with Crippen molar-refractivity contribution in [2.45, 2.75) is 0 Å². The minimum absolute atomic E-state index is 0.165. The summed E-state index contributed by atoms with van der Waals surface area (Å²) in [5.41, 5.74) is 7.51. The van der Waals surface area contributed by atoms with Crippen LogP contribution in [-0.4, -0.2) is 14.5 Å². The molecule has 9 aromatic rings. The second-order valence-corrected chi connectivity index (χ2v) is 13.9. The van der Waals surface area contributed by atoms with E-state index in [1.54, 1.807) is 12.1 Å². The van der Waals surface area contributed by atoms with Crippen molar-refractivity contribution < 1.29 is 9.47 Å². The number of hydrogen-bond donors (Lipinski definition) is 0. The zero-order chi connectivity index (χ0) is 39.1. The zero-order valence-electron chi connectivity index (χ0n) is 30.1. The Morgan fingerprint density at radius 3 is 1.74 bits per heavy atom. The lowest BCUT2D eigenvalue weighted by Gasteiger charge is -2.38. The molecule has 2 aliphatic rings. The first-order valence-electron chi connectivity index (χ1n) is 18.2. The highest BCUT2D eigenvalue weighted by Crippen LogP contribution is 2.62. The average molecular weight is 743 g/mol. The molecule has 266 valence electrons. The molecule has 0 fully saturated rings. The molecule has 0 saturated carbocycles. The maximum atomic E-state index is 10.2. The Hall–Kier alpha value is -8.96. The summed E-state index contributed by atoms with van der Waals surface area (Å²) in [7, 11) is 0. The molecule has 10 heteroatoms. The van der Waals surface area contributed by atoms with Crippen molar-refractivity contribution in [2.24, 2.45) is 0 Å². The third-order valence-corrected chi connectivity index (χ3v) is 10.6. The van der Waals surface area contributed by atoms with E-state index < -0.39 is 0 Å². The van der Waals surface area contributed by atoms with Crippen LogP contribution in [0.4, 0.5) is 17.1 Å². The first kappa shape index (κ1) is 32.5. The van der Waals surface area contributed by atoms with E-state index in [2.05, 4.69) is 53.1 Å². The number of nitrogens with zero attached hydrogens (tertiary/aromatic N) is 8. The fourth-order valence-electron chi connectivity index (χ4n) is 8.11. The number of fused-ring (bicyclic) bond motifs is 8. The largest absolute Gasteiger partial charge is 0.451 e. The molecule has 0 unspecified atom stereocenters. The summed E-state index contributed by atoms with van der Waals surface area (Å²) < 4.78 is 15.3. The van der Waals surface area contributed by atoms with Crippen molar-refractivity contribution >= 4 is 49.8 Å². The molecular weight excluding hydrogens is 721 g/mol. The van der Waals surface area contributed by atoms with Gasteiger partial charge >= 0.3 is 0 Å². The first-order chi connectivity index (χ1) is 28.5. The van der Waals surface area contributed by atoms with Crippen LogP contribution in [0.1, 0.15) is 22.3 Å². The van der Waals surface area contributed by atoms with Crippen LogP contribution in [0, 0.1) is 45.3 Å². The summed E-state index contributed by atoms with van der Waals surface area (Å²) in [4.78, 5) is 11.9. The fourth-order valence-corrected chi connectivity index (χ4v) is 8.11. The Kier molecular flexibility index (Phi) is 6.87. The molecule has 0 atom stereocenters. The second-order valence-electron chi connectivity index (χ2n) is 13.9. The summed E-state index contributed by atoms with van der Waals surface area (Å²) in [6.07, 6.45) is 0. The van der Waals surface area contributed by atoms with Gasteiger partial charge in [0.25, 0.3) is 0 Å². The number of nitriles is 4. The Bertz CT molecular complexity index is 3360. The van der Waals surface area contributed by atoms with Gasteiger partial charge in [0.15, 0.2) is 28.8 Å². The average Bonchev–Trinajstić information content (AvgIpc) is 3.61. The van der Waals surface area contributed by atoms with E-state index in [-0.39, 0.29) is 33.8 Å². The number of rotatable bonds is 3. The van der Waals surface area contributed by atoms with E-state index in [9.17, 15) is 21.0 Å². The minimum atomic E-state index is 0.165. The number of ether oxygens (including phenoxy) is 2. The lowest BCUT2D eigenvalue weighted by Crippen LogP contribution is -2.21. The Labute approximate surface area is 330 Å². The monoisotopic (exact) mass is 742 g/mol. The predicted octanol–water partition coefficient (Wildman–Crippen LogP) is 11.2. The van der Waals surface area contributed by atoms with Gasteiger partial charge in [0.2, 0.25) is 0 Å². The van der Waals surface area contributed by atoms with E-state index in [0.29, 0.717) is 34.4 Å². The molecule has 0 N–H and O–H groups in total. The summed E-state index contributed by atoms with van der Waals surface area (Å²) in [5.74, 6) is 2.69. The second kappa shape index (κ2) is 12.3. The first-order valence-corrected chi connectivity index (χ1v) is 18.2. The lowest BCUT2D eigenvalue weighted by atomic mass is 9.97. The highest BCUT2D eigenvalue weighted by atomic mass is 16.5. The van der Waals surface area contributed by atoms with E-state index >= 15 is 0 Å². The standard InChI is InChI=1S/C48H22N8O2/c49-23-27-16-32(25-51)45-40(18-27)55-41-19-28(24-50)17-33(26-52)46(41)58-43-22-31(21-42(57-45)44(43)55)30-14-15-39-36(20-30)34-10-5-7-13-38(34)56(39)48-35-11-4-6-12-37(35)53-47(54-48)29-8-2-1-3-9-29/h1-22H. The van der Waals surface area contributed by atoms with Crippen molar-refractivity contribution in [3.8, 4) is 75.6 Å². The number of hydrogen-bond acceptors (Lipinski definition) is 9. The van der Waals surface area contributed by atoms with Crippen LogP contribution in [-0.2, 0) is 0 Å². The summed E-state index contributed by atoms with van der Waals surface area (Å²) >= 11 is 0. The van der Waals surface area contributed by atoms with E-state index in [1.807, 2.05) is 89.8 Å². The lowest BCUT2D eigenvalue weighted by molar-refractivity contribution is 0.444. The number of benzene rings is 7. The van der Waals surface area contributed by atoms with Gasteiger partial charge in [-0.05, 0) is 77.9 Å². The molecule has 10 nitrogen and oxygen atoms in total. The van der Waals surface area contributed by atoms with Crippen LogP contribution in [0.15, 0.2) is 133 Å². The van der Waals surface area contributed by atoms with Crippen molar-refractivity contribution in [1.82, 2.24) is 14.5 Å². The number of aromatic nitrogens is 3. The van der Waals surface area contributed by atoms with E-state index in [1.165, 1.54) is 12.1 Å². The molecular formula is C48H22N8O2. The van der Waals surface area contributed by atoms with Crippen LogP contribution in [0.2, 0.25) is 0 Å². The van der Waals surface area contributed by atoms with Gasteiger partial charge in [0, 0.05) is 21.7 Å². The summed E-state index contributed by atoms with van der Waals surface area (Å²) in [5, 5.41) is 43.1. The third-order valence-electron chi connectivity index (χ3n) is 10.6. The molecule has 58 heavy (non-hydrogen) atoms. The van der Waals surface area contributed by atoms with Gasteiger partial charge in [-0.15, -0.1) is 0 Å². The molecule has 2 aliphatic heterocycles. The van der Waals surface area contributed by atoms with Crippen LogP contribution in [0.25, 0.3) is 61.0 Å². The molecule has 0 saturated heterocycles. The highest BCUT2D eigenvalue weighted by molar-refractivity contribution is 6.11. The quantitative estimate of drug-likeness (QED) is 0.172. The molecule has 2 aromatic heterocycles. The Morgan fingerprint density at radius 2 is 1.09 bits per heavy atom. The van der Waals surface area contributed by atoms with Gasteiger partial charge in [-0.3, -0.25) is 9.47 Å². The highest BCUT2D eigenvalue weighted by Gasteiger charge is 2.38. The van der Waals surface area contributed by atoms with E-state index in [0.717, 1.165) is 55.2 Å². The van der Waals surface area contributed by atoms with Crippen molar-refractivity contribution in [3.05, 3.63) is 156 Å². The maximum Gasteiger partial charge on any atom is 0.169 e. The SMILES string of the molecule is N#Cc1cc(C#N)c2c(c1)N1c3cc(C#N)cc(C#N)c3Oc3cc(-c4ccc5c(c4)c4ccccc4n5-c4nc(-c5ccccc5)nc5ccccc45)cc(c31)O2. The summed E-state index contributed by atoms with van der Waals surface area (Å²) in [6, 6.07) is 51.1. The molecule has 7 aromatic carbocycles. The molecule has 0 aliphatic carbocycles. The van der Waals surface area contributed by atoms with E-state index in [4.69, 9.17) is 19.4 Å². The van der Waals surface area contributed by atoms with Crippen LogP contribution >= 0.6 is 0 Å².